The van der Waals surface area contributed by atoms with E-state index in [9.17, 15) is 0 Å². The maximum atomic E-state index is 5.45. The van der Waals surface area contributed by atoms with Crippen LogP contribution < -0.4 is 15.2 Å². The van der Waals surface area contributed by atoms with Crippen LogP contribution in [-0.4, -0.2) is 7.11 Å². The number of allylic oxidation sites excluding steroid dienone is 2. The number of methoxy groups -OCH3 is 1. The molecule has 24 heavy (non-hydrogen) atoms. The van der Waals surface area contributed by atoms with Gasteiger partial charge in [0.05, 0.1) is 7.11 Å². The van der Waals surface area contributed by atoms with Gasteiger partial charge in [0.25, 0.3) is 0 Å². The van der Waals surface area contributed by atoms with E-state index in [0.29, 0.717) is 0 Å². The van der Waals surface area contributed by atoms with Crippen LogP contribution in [0.3, 0.4) is 0 Å². The summed E-state index contributed by atoms with van der Waals surface area (Å²) in [7, 11) is 1.69. The van der Waals surface area contributed by atoms with Crippen molar-refractivity contribution in [1.29, 1.82) is 0 Å². The molecule has 1 nitrogen and oxygen atoms in total. The fourth-order valence-electron chi connectivity index (χ4n) is 2.64. The van der Waals surface area contributed by atoms with Crippen LogP contribution in [0.1, 0.15) is 79.4 Å². The second-order valence-corrected chi connectivity index (χ2v) is 6.21. The van der Waals surface area contributed by atoms with Gasteiger partial charge in [0.2, 0.25) is 0 Å². The Balaban J connectivity index is 0. The monoisotopic (exact) mass is 332 g/mol. The van der Waals surface area contributed by atoms with E-state index in [1.165, 1.54) is 16.7 Å². The molecule has 1 aromatic rings. The highest BCUT2D eigenvalue weighted by atomic mass is 16.5. The summed E-state index contributed by atoms with van der Waals surface area (Å²) in [6, 6.07) is 1.98. The van der Waals surface area contributed by atoms with Gasteiger partial charge in [0, 0.05) is 5.22 Å². The fourth-order valence-corrected chi connectivity index (χ4v) is 2.64. The second kappa shape index (κ2) is 11.9. The van der Waals surface area contributed by atoms with Gasteiger partial charge < -0.3 is 4.74 Å². The first-order valence-electron chi connectivity index (χ1n) is 9.26. The van der Waals surface area contributed by atoms with Crippen LogP contribution in [0, 0.1) is 6.92 Å². The normalized spacial score (nSPS) is 11.0. The summed E-state index contributed by atoms with van der Waals surface area (Å²) in [6.45, 7) is 27.4. The first-order valence-corrected chi connectivity index (χ1v) is 9.26. The molecule has 0 aliphatic rings. The largest absolute Gasteiger partial charge is 0.496 e. The number of ether oxygens (including phenoxy) is 1. The molecule has 1 rings (SSSR count). The molecule has 138 valence electrons. The fraction of sp³-hybridized carbons (Fsp3) is 0.565. The third kappa shape index (κ3) is 6.55. The Morgan fingerprint density at radius 3 is 2.08 bits per heavy atom. The molecule has 0 unspecified atom stereocenters. The molecule has 0 aliphatic carbocycles. The summed E-state index contributed by atoms with van der Waals surface area (Å²) in [5.41, 5.74) is 3.95. The van der Waals surface area contributed by atoms with Gasteiger partial charge in [-0.15, -0.1) is 0 Å². The maximum Gasteiger partial charge on any atom is 0.126 e. The Labute approximate surface area is 151 Å². The standard InChI is InChI=1S/C19H28O.2C2H6/c1-9-13(2)10-11-19(6,7)18-15(4)14(3)12-17(20-8)16(18)5;2*1-2/h10,12H,3,5,9,11H2,1-2,4,6-8H3;2*1-2H3/b13-10+;;. The molecule has 0 saturated carbocycles. The molecular formula is C23H40O. The molecule has 0 heterocycles. The lowest BCUT2D eigenvalue weighted by atomic mass is 9.77. The van der Waals surface area contributed by atoms with Crippen LogP contribution in [0.25, 0.3) is 13.2 Å². The van der Waals surface area contributed by atoms with Gasteiger partial charge in [-0.05, 0) is 54.5 Å². The summed E-state index contributed by atoms with van der Waals surface area (Å²) in [4.78, 5) is 0. The smallest absolute Gasteiger partial charge is 0.126 e. The quantitative estimate of drug-likeness (QED) is 0.610. The zero-order chi connectivity index (χ0) is 19.5. The lowest BCUT2D eigenvalue weighted by molar-refractivity contribution is 0.407. The van der Waals surface area contributed by atoms with E-state index in [2.05, 4.69) is 53.9 Å². The van der Waals surface area contributed by atoms with Crippen LogP contribution in [0.15, 0.2) is 17.7 Å². The highest BCUT2D eigenvalue weighted by Gasteiger charge is 2.24. The van der Waals surface area contributed by atoms with E-state index < -0.39 is 0 Å². The lowest BCUT2D eigenvalue weighted by Crippen LogP contribution is -2.31. The van der Waals surface area contributed by atoms with Crippen molar-refractivity contribution in [2.24, 2.45) is 0 Å². The van der Waals surface area contributed by atoms with Crippen molar-refractivity contribution in [1.82, 2.24) is 0 Å². The molecule has 1 aromatic carbocycles. The third-order valence-electron chi connectivity index (χ3n) is 4.18. The molecule has 0 fully saturated rings. The van der Waals surface area contributed by atoms with Gasteiger partial charge in [-0.1, -0.05) is 73.3 Å². The number of benzene rings is 1. The Hall–Kier alpha value is -1.50. The highest BCUT2D eigenvalue weighted by Crippen LogP contribution is 2.28. The van der Waals surface area contributed by atoms with Crippen molar-refractivity contribution in [3.05, 3.63) is 39.3 Å². The first-order chi connectivity index (χ1) is 11.2. The minimum atomic E-state index is 0.0264. The first kappa shape index (κ1) is 24.7. The topological polar surface area (TPSA) is 9.23 Å². The van der Waals surface area contributed by atoms with Crippen LogP contribution in [0.2, 0.25) is 0 Å². The van der Waals surface area contributed by atoms with Gasteiger partial charge in [0.1, 0.15) is 5.75 Å². The molecule has 0 aromatic heterocycles. The zero-order valence-corrected chi connectivity index (χ0v) is 17.9. The van der Waals surface area contributed by atoms with Gasteiger partial charge in [0.15, 0.2) is 0 Å². The molecule has 0 saturated heterocycles. The van der Waals surface area contributed by atoms with Gasteiger partial charge in [-0.3, -0.25) is 0 Å². The average Bonchev–Trinajstić information content (AvgIpc) is 2.59. The van der Waals surface area contributed by atoms with E-state index in [-0.39, 0.29) is 5.41 Å². The molecule has 0 aliphatic heterocycles. The molecule has 0 amide bonds. The Bertz CT molecular complexity index is 606. The van der Waals surface area contributed by atoms with Crippen molar-refractivity contribution >= 4 is 13.2 Å². The predicted octanol–water partition coefficient (Wildman–Crippen LogP) is 5.90. The average molecular weight is 333 g/mol. The maximum absolute atomic E-state index is 5.45. The number of hydrogen-bond donors (Lipinski definition) is 0. The van der Waals surface area contributed by atoms with Gasteiger partial charge >= 0.3 is 0 Å². The molecule has 0 atom stereocenters. The van der Waals surface area contributed by atoms with Crippen molar-refractivity contribution in [2.75, 3.05) is 7.11 Å². The SMILES string of the molecule is C=c1cc(OC)c(=C)c(C(C)(C)C/C=C(\C)CC)c1C.CC.CC. The van der Waals surface area contributed by atoms with Gasteiger partial charge in [-0.25, -0.2) is 0 Å². The highest BCUT2D eigenvalue weighted by molar-refractivity contribution is 5.44. The summed E-state index contributed by atoms with van der Waals surface area (Å²) in [5, 5.41) is 2.01. The van der Waals surface area contributed by atoms with Crippen LogP contribution in [0.4, 0.5) is 0 Å². The summed E-state index contributed by atoms with van der Waals surface area (Å²) >= 11 is 0. The molecule has 0 spiro atoms. The second-order valence-electron chi connectivity index (χ2n) is 6.21. The van der Waals surface area contributed by atoms with Gasteiger partial charge in [-0.2, -0.15) is 0 Å². The van der Waals surface area contributed by atoms with E-state index in [1.54, 1.807) is 7.11 Å². The number of hydrogen-bond acceptors (Lipinski definition) is 1. The van der Waals surface area contributed by atoms with E-state index in [4.69, 9.17) is 4.74 Å². The summed E-state index contributed by atoms with van der Waals surface area (Å²) in [6.07, 6.45) is 4.44. The molecular weight excluding hydrogens is 292 g/mol. The predicted molar refractivity (Wildman–Crippen MR) is 112 cm³/mol. The van der Waals surface area contributed by atoms with Crippen LogP contribution >= 0.6 is 0 Å². The van der Waals surface area contributed by atoms with Crippen molar-refractivity contribution in [3.63, 3.8) is 0 Å². The van der Waals surface area contributed by atoms with E-state index in [0.717, 1.165) is 29.0 Å². The zero-order valence-electron chi connectivity index (χ0n) is 17.9. The molecule has 1 heteroatoms. The van der Waals surface area contributed by atoms with E-state index >= 15 is 0 Å². The third-order valence-corrected chi connectivity index (χ3v) is 4.18. The van der Waals surface area contributed by atoms with E-state index in [1.807, 2.05) is 33.8 Å². The van der Waals surface area contributed by atoms with Crippen molar-refractivity contribution < 1.29 is 4.74 Å². The van der Waals surface area contributed by atoms with Crippen LogP contribution in [-0.2, 0) is 5.41 Å². The Morgan fingerprint density at radius 1 is 1.17 bits per heavy atom. The summed E-state index contributed by atoms with van der Waals surface area (Å²) in [5.74, 6) is 0.833. The number of rotatable bonds is 5. The molecule has 0 bridgehead atoms. The van der Waals surface area contributed by atoms with Crippen molar-refractivity contribution in [2.45, 2.75) is 80.6 Å². The summed E-state index contributed by atoms with van der Waals surface area (Å²) < 4.78 is 5.45. The van der Waals surface area contributed by atoms with Crippen LogP contribution in [0.5, 0.6) is 5.75 Å². The molecule has 0 radical (unpaired) electrons. The Morgan fingerprint density at radius 2 is 1.67 bits per heavy atom. The van der Waals surface area contributed by atoms with Crippen molar-refractivity contribution in [3.8, 4) is 5.75 Å². The Kier molecular flexibility index (Phi) is 12.3. The lowest BCUT2D eigenvalue weighted by Gasteiger charge is -2.28. The minimum absolute atomic E-state index is 0.0264. The minimum Gasteiger partial charge on any atom is -0.496 e. The molecule has 0 N–H and O–H groups in total.